The summed E-state index contributed by atoms with van der Waals surface area (Å²) in [6.07, 6.45) is 3.20. The normalized spacial score (nSPS) is 14.6. The van der Waals surface area contributed by atoms with Gasteiger partial charge in [-0.25, -0.2) is 0 Å². The van der Waals surface area contributed by atoms with Crippen molar-refractivity contribution in [3.8, 4) is 0 Å². The number of hydrogen-bond acceptors (Lipinski definition) is 2. The second kappa shape index (κ2) is 9.54. The molecule has 0 unspecified atom stereocenters. The molecule has 3 rings (SSSR count). The van der Waals surface area contributed by atoms with Gasteiger partial charge in [0.15, 0.2) is 0 Å². The predicted molar refractivity (Wildman–Crippen MR) is 112 cm³/mol. The molecule has 28 heavy (non-hydrogen) atoms. The minimum atomic E-state index is 0.0670. The molecule has 0 bridgehead atoms. The zero-order chi connectivity index (χ0) is 19.9. The van der Waals surface area contributed by atoms with Gasteiger partial charge in [0.1, 0.15) is 0 Å². The molecule has 4 nitrogen and oxygen atoms in total. The Hall–Kier alpha value is -2.62. The van der Waals surface area contributed by atoms with Crippen LogP contribution in [-0.4, -0.2) is 47.8 Å². The van der Waals surface area contributed by atoms with Crippen LogP contribution in [0.2, 0.25) is 0 Å². The number of benzene rings is 2. The van der Waals surface area contributed by atoms with Gasteiger partial charge in [-0.15, -0.1) is 0 Å². The Morgan fingerprint density at radius 2 is 1.57 bits per heavy atom. The Morgan fingerprint density at radius 1 is 0.857 bits per heavy atom. The van der Waals surface area contributed by atoms with E-state index in [1.54, 1.807) is 0 Å². The van der Waals surface area contributed by atoms with Crippen molar-refractivity contribution in [2.45, 2.75) is 39.5 Å². The number of aryl methyl sites for hydroxylation is 3. The third-order valence-electron chi connectivity index (χ3n) is 5.38. The molecule has 1 heterocycles. The van der Waals surface area contributed by atoms with Crippen LogP contribution in [0.15, 0.2) is 48.5 Å². The number of hydrogen-bond donors (Lipinski definition) is 0. The van der Waals surface area contributed by atoms with Crippen LogP contribution in [0.25, 0.3) is 0 Å². The molecule has 0 aromatic heterocycles. The van der Waals surface area contributed by atoms with Gasteiger partial charge in [0.05, 0.1) is 0 Å². The molecule has 2 aromatic rings. The highest BCUT2D eigenvalue weighted by Gasteiger charge is 2.22. The monoisotopic (exact) mass is 378 g/mol. The smallest absolute Gasteiger partial charge is 0.253 e. The van der Waals surface area contributed by atoms with Gasteiger partial charge >= 0.3 is 0 Å². The summed E-state index contributed by atoms with van der Waals surface area (Å²) >= 11 is 0. The SMILES string of the molecule is Cc1ccc(CCCC(=O)N2CCCN(C(=O)c3cccc(C)c3)CC2)cc1. The number of carbonyl (C=O) groups is 2. The van der Waals surface area contributed by atoms with Crippen LogP contribution in [-0.2, 0) is 11.2 Å². The van der Waals surface area contributed by atoms with E-state index in [0.717, 1.165) is 36.9 Å². The molecule has 148 valence electrons. The number of nitrogens with zero attached hydrogens (tertiary/aromatic N) is 2. The van der Waals surface area contributed by atoms with E-state index >= 15 is 0 Å². The fourth-order valence-electron chi connectivity index (χ4n) is 3.69. The largest absolute Gasteiger partial charge is 0.341 e. The minimum absolute atomic E-state index is 0.0670. The summed E-state index contributed by atoms with van der Waals surface area (Å²) in [6, 6.07) is 16.2. The van der Waals surface area contributed by atoms with Gasteiger partial charge in [-0.3, -0.25) is 9.59 Å². The molecular weight excluding hydrogens is 348 g/mol. The zero-order valence-corrected chi connectivity index (χ0v) is 17.0. The maximum absolute atomic E-state index is 12.8. The van der Waals surface area contributed by atoms with Gasteiger partial charge in [-0.2, -0.15) is 0 Å². The van der Waals surface area contributed by atoms with Crippen molar-refractivity contribution >= 4 is 11.8 Å². The van der Waals surface area contributed by atoms with Crippen LogP contribution < -0.4 is 0 Å². The van der Waals surface area contributed by atoms with E-state index in [-0.39, 0.29) is 11.8 Å². The van der Waals surface area contributed by atoms with Gasteiger partial charge in [0.25, 0.3) is 5.91 Å². The molecule has 2 aromatic carbocycles. The van der Waals surface area contributed by atoms with Gasteiger partial charge in [-0.05, 0) is 50.8 Å². The molecule has 0 saturated carbocycles. The molecule has 1 aliphatic rings. The summed E-state index contributed by atoms with van der Waals surface area (Å²) in [5.74, 6) is 0.273. The van der Waals surface area contributed by atoms with E-state index in [2.05, 4.69) is 31.2 Å². The Morgan fingerprint density at radius 3 is 2.32 bits per heavy atom. The van der Waals surface area contributed by atoms with Crippen LogP contribution in [0, 0.1) is 13.8 Å². The lowest BCUT2D eigenvalue weighted by molar-refractivity contribution is -0.131. The first kappa shape index (κ1) is 20.1. The average molecular weight is 379 g/mol. The zero-order valence-electron chi connectivity index (χ0n) is 17.0. The fraction of sp³-hybridized carbons (Fsp3) is 0.417. The van der Waals surface area contributed by atoms with Crippen LogP contribution in [0.4, 0.5) is 0 Å². The van der Waals surface area contributed by atoms with Crippen LogP contribution in [0.1, 0.15) is 46.3 Å². The topological polar surface area (TPSA) is 40.6 Å². The van der Waals surface area contributed by atoms with Crippen molar-refractivity contribution in [3.05, 3.63) is 70.8 Å². The third kappa shape index (κ3) is 5.44. The molecule has 1 saturated heterocycles. The van der Waals surface area contributed by atoms with Crippen molar-refractivity contribution in [1.29, 1.82) is 0 Å². The molecule has 0 radical (unpaired) electrons. The summed E-state index contributed by atoms with van der Waals surface area (Å²) < 4.78 is 0. The number of amides is 2. The van der Waals surface area contributed by atoms with E-state index in [9.17, 15) is 9.59 Å². The van der Waals surface area contributed by atoms with Crippen molar-refractivity contribution < 1.29 is 9.59 Å². The maximum Gasteiger partial charge on any atom is 0.253 e. The van der Waals surface area contributed by atoms with Crippen molar-refractivity contribution in [2.75, 3.05) is 26.2 Å². The first-order valence-electron chi connectivity index (χ1n) is 10.2. The Bertz CT molecular complexity index is 814. The second-order valence-electron chi connectivity index (χ2n) is 7.74. The maximum atomic E-state index is 12.8. The Labute approximate surface area is 168 Å². The first-order chi connectivity index (χ1) is 13.5. The van der Waals surface area contributed by atoms with E-state index in [1.807, 2.05) is 41.0 Å². The summed E-state index contributed by atoms with van der Waals surface area (Å²) in [7, 11) is 0. The lowest BCUT2D eigenvalue weighted by atomic mass is 10.1. The summed E-state index contributed by atoms with van der Waals surface area (Å²) in [5.41, 5.74) is 4.36. The van der Waals surface area contributed by atoms with Gasteiger partial charge in [0, 0.05) is 38.2 Å². The molecule has 4 heteroatoms. The van der Waals surface area contributed by atoms with E-state index in [4.69, 9.17) is 0 Å². The number of carbonyl (C=O) groups excluding carboxylic acids is 2. The average Bonchev–Trinajstić information content (AvgIpc) is 2.95. The first-order valence-corrected chi connectivity index (χ1v) is 10.2. The lowest BCUT2D eigenvalue weighted by Crippen LogP contribution is -2.37. The molecule has 0 atom stereocenters. The summed E-state index contributed by atoms with van der Waals surface area (Å²) in [4.78, 5) is 29.2. The molecule has 0 aliphatic carbocycles. The van der Waals surface area contributed by atoms with Crippen LogP contribution in [0.5, 0.6) is 0 Å². The van der Waals surface area contributed by atoms with Gasteiger partial charge in [0.2, 0.25) is 5.91 Å². The van der Waals surface area contributed by atoms with E-state index in [1.165, 1.54) is 11.1 Å². The summed E-state index contributed by atoms with van der Waals surface area (Å²) in [5, 5.41) is 0. The predicted octanol–water partition coefficient (Wildman–Crippen LogP) is 4.00. The van der Waals surface area contributed by atoms with E-state index in [0.29, 0.717) is 26.1 Å². The van der Waals surface area contributed by atoms with Gasteiger partial charge in [-0.1, -0.05) is 47.5 Å². The highest BCUT2D eigenvalue weighted by molar-refractivity contribution is 5.94. The molecule has 0 N–H and O–H groups in total. The molecule has 0 spiro atoms. The Balaban J connectivity index is 1.48. The van der Waals surface area contributed by atoms with E-state index < -0.39 is 0 Å². The Kier molecular flexibility index (Phi) is 6.85. The van der Waals surface area contributed by atoms with Crippen molar-refractivity contribution in [1.82, 2.24) is 9.80 Å². The second-order valence-corrected chi connectivity index (χ2v) is 7.74. The summed E-state index contributed by atoms with van der Waals surface area (Å²) in [6.45, 7) is 6.76. The van der Waals surface area contributed by atoms with Gasteiger partial charge < -0.3 is 9.80 Å². The quantitative estimate of drug-likeness (QED) is 0.789. The number of rotatable bonds is 5. The highest BCUT2D eigenvalue weighted by Crippen LogP contribution is 2.13. The fourth-order valence-corrected chi connectivity index (χ4v) is 3.69. The lowest BCUT2D eigenvalue weighted by Gasteiger charge is -2.22. The molecular formula is C24H30N2O2. The van der Waals surface area contributed by atoms with Crippen LogP contribution in [0.3, 0.4) is 0 Å². The minimum Gasteiger partial charge on any atom is -0.341 e. The molecule has 1 fully saturated rings. The van der Waals surface area contributed by atoms with Crippen LogP contribution >= 0.6 is 0 Å². The molecule has 1 aliphatic heterocycles. The van der Waals surface area contributed by atoms with Crippen molar-refractivity contribution in [3.63, 3.8) is 0 Å². The van der Waals surface area contributed by atoms with Crippen molar-refractivity contribution in [2.24, 2.45) is 0 Å². The standard InChI is InChI=1S/C24H30N2O2/c1-19-10-12-21(13-11-19)7-4-9-23(27)25-14-5-15-26(17-16-25)24(28)22-8-3-6-20(2)18-22/h3,6,8,10-13,18H,4-5,7,9,14-17H2,1-2H3. The third-order valence-corrected chi connectivity index (χ3v) is 5.38. The highest BCUT2D eigenvalue weighted by atomic mass is 16.2. The molecule has 2 amide bonds.